The van der Waals surface area contributed by atoms with Crippen molar-refractivity contribution >= 4 is 6.09 Å². The van der Waals surface area contributed by atoms with E-state index < -0.39 is 11.7 Å². The largest absolute Gasteiger partial charge is 0.444 e. The maximum atomic E-state index is 11.6. The van der Waals surface area contributed by atoms with Gasteiger partial charge in [0.25, 0.3) is 0 Å². The van der Waals surface area contributed by atoms with Gasteiger partial charge in [0.2, 0.25) is 0 Å². The fourth-order valence-corrected chi connectivity index (χ4v) is 1.87. The Labute approximate surface area is 109 Å². The van der Waals surface area contributed by atoms with Gasteiger partial charge in [-0.05, 0) is 20.8 Å². The fraction of sp³-hybridized carbons (Fsp3) is 0.923. The molecule has 0 aliphatic carbocycles. The topological polar surface area (TPSA) is 73.6 Å². The van der Waals surface area contributed by atoms with Crippen molar-refractivity contribution in [3.05, 3.63) is 0 Å². The second-order valence-electron chi connectivity index (χ2n) is 6.67. The Bertz CT molecular complexity index is 308. The van der Waals surface area contributed by atoms with Gasteiger partial charge >= 0.3 is 6.09 Å². The lowest BCUT2D eigenvalue weighted by molar-refractivity contribution is -0.165. The van der Waals surface area contributed by atoms with Gasteiger partial charge in [0, 0.05) is 23.9 Å². The summed E-state index contributed by atoms with van der Waals surface area (Å²) in [6, 6.07) is 0. The lowest BCUT2D eigenvalue weighted by Crippen LogP contribution is -2.59. The standard InChI is InChI=1S/C13H26N2O3/c1-11(2,3)18-10(16)15-7-12(4,6-14)13(5)8-17-9-13/h6-9,14H2,1-5H3,(H,15,16). The Kier molecular flexibility index (Phi) is 4.28. The highest BCUT2D eigenvalue weighted by atomic mass is 16.6. The van der Waals surface area contributed by atoms with Gasteiger partial charge in [0.1, 0.15) is 5.60 Å². The van der Waals surface area contributed by atoms with E-state index in [0.717, 1.165) is 0 Å². The normalized spacial score (nSPS) is 21.7. The molecule has 1 unspecified atom stereocenters. The van der Waals surface area contributed by atoms with Crippen molar-refractivity contribution in [1.29, 1.82) is 0 Å². The molecule has 1 amide bonds. The number of nitrogens with two attached hydrogens (primary N) is 1. The predicted octanol–water partition coefficient (Wildman–Crippen LogP) is 1.51. The minimum atomic E-state index is -0.479. The van der Waals surface area contributed by atoms with Gasteiger partial charge in [-0.15, -0.1) is 0 Å². The molecule has 5 nitrogen and oxygen atoms in total. The Morgan fingerprint density at radius 2 is 1.94 bits per heavy atom. The molecular weight excluding hydrogens is 232 g/mol. The number of amides is 1. The molecule has 0 radical (unpaired) electrons. The molecule has 1 fully saturated rings. The van der Waals surface area contributed by atoms with Gasteiger partial charge in [-0.2, -0.15) is 0 Å². The monoisotopic (exact) mass is 258 g/mol. The van der Waals surface area contributed by atoms with E-state index in [1.165, 1.54) is 0 Å². The van der Waals surface area contributed by atoms with Crippen molar-refractivity contribution in [3.63, 3.8) is 0 Å². The van der Waals surface area contributed by atoms with E-state index in [4.69, 9.17) is 15.2 Å². The first-order valence-electron chi connectivity index (χ1n) is 6.37. The molecule has 0 aromatic carbocycles. The molecule has 1 rings (SSSR count). The lowest BCUT2D eigenvalue weighted by atomic mass is 9.64. The summed E-state index contributed by atoms with van der Waals surface area (Å²) in [5.41, 5.74) is 5.24. The van der Waals surface area contributed by atoms with Crippen molar-refractivity contribution in [2.24, 2.45) is 16.6 Å². The summed E-state index contributed by atoms with van der Waals surface area (Å²) < 4.78 is 10.5. The van der Waals surface area contributed by atoms with E-state index in [-0.39, 0.29) is 10.8 Å². The van der Waals surface area contributed by atoms with Crippen LogP contribution in [-0.4, -0.2) is 38.0 Å². The zero-order valence-corrected chi connectivity index (χ0v) is 12.1. The third kappa shape index (κ3) is 3.36. The number of rotatable bonds is 4. The fourth-order valence-electron chi connectivity index (χ4n) is 1.87. The van der Waals surface area contributed by atoms with Crippen LogP contribution in [0, 0.1) is 10.8 Å². The Morgan fingerprint density at radius 3 is 2.28 bits per heavy atom. The van der Waals surface area contributed by atoms with Crippen molar-refractivity contribution in [1.82, 2.24) is 5.32 Å². The van der Waals surface area contributed by atoms with Crippen molar-refractivity contribution in [2.45, 2.75) is 40.2 Å². The Morgan fingerprint density at radius 1 is 1.39 bits per heavy atom. The van der Waals surface area contributed by atoms with Gasteiger partial charge in [-0.1, -0.05) is 13.8 Å². The first-order valence-corrected chi connectivity index (χ1v) is 6.37. The minimum absolute atomic E-state index is 0.0246. The molecule has 1 aliphatic heterocycles. The number of nitrogens with one attached hydrogen (secondary N) is 1. The summed E-state index contributed by atoms with van der Waals surface area (Å²) in [7, 11) is 0. The zero-order chi connectivity index (χ0) is 14.0. The summed E-state index contributed by atoms with van der Waals surface area (Å²) in [5, 5.41) is 2.81. The number of hydrogen-bond donors (Lipinski definition) is 2. The van der Waals surface area contributed by atoms with Crippen LogP contribution in [0.1, 0.15) is 34.6 Å². The Hall–Kier alpha value is -0.810. The van der Waals surface area contributed by atoms with Crippen LogP contribution in [0.5, 0.6) is 0 Å². The molecule has 3 N–H and O–H groups in total. The number of ether oxygens (including phenoxy) is 2. The number of hydrogen-bond acceptors (Lipinski definition) is 4. The van der Waals surface area contributed by atoms with Crippen LogP contribution in [0.4, 0.5) is 4.79 Å². The average molecular weight is 258 g/mol. The van der Waals surface area contributed by atoms with Crippen LogP contribution in [-0.2, 0) is 9.47 Å². The number of carbonyl (C=O) groups is 1. The smallest absolute Gasteiger partial charge is 0.407 e. The SMILES string of the molecule is CC(C)(C)OC(=O)NCC(C)(CN)C1(C)COC1. The van der Waals surface area contributed by atoms with Crippen molar-refractivity contribution in [3.8, 4) is 0 Å². The summed E-state index contributed by atoms with van der Waals surface area (Å²) >= 11 is 0. The number of alkyl carbamates (subject to hydrolysis) is 1. The van der Waals surface area contributed by atoms with Crippen LogP contribution < -0.4 is 11.1 Å². The molecule has 18 heavy (non-hydrogen) atoms. The summed E-state index contributed by atoms with van der Waals surface area (Å²) in [5.74, 6) is 0. The molecule has 1 atom stereocenters. The van der Waals surface area contributed by atoms with Gasteiger partial charge < -0.3 is 20.5 Å². The number of carbonyl (C=O) groups excluding carboxylic acids is 1. The van der Waals surface area contributed by atoms with Gasteiger partial charge in [0.15, 0.2) is 0 Å². The molecule has 0 spiro atoms. The van der Waals surface area contributed by atoms with Crippen LogP contribution in [0.2, 0.25) is 0 Å². The summed E-state index contributed by atoms with van der Waals surface area (Å²) in [6.45, 7) is 12.1. The minimum Gasteiger partial charge on any atom is -0.444 e. The quantitative estimate of drug-likeness (QED) is 0.801. The van der Waals surface area contributed by atoms with Crippen molar-refractivity contribution < 1.29 is 14.3 Å². The molecule has 1 aliphatic rings. The average Bonchev–Trinajstić information content (AvgIpc) is 2.20. The molecule has 0 aromatic heterocycles. The second-order valence-corrected chi connectivity index (χ2v) is 6.67. The van der Waals surface area contributed by atoms with Crippen LogP contribution in [0.3, 0.4) is 0 Å². The van der Waals surface area contributed by atoms with Gasteiger partial charge in [-0.25, -0.2) is 4.79 Å². The molecule has 0 aromatic rings. The molecule has 106 valence electrons. The van der Waals surface area contributed by atoms with E-state index in [1.807, 2.05) is 20.8 Å². The highest BCUT2D eigenvalue weighted by Crippen LogP contribution is 2.43. The van der Waals surface area contributed by atoms with E-state index in [0.29, 0.717) is 26.3 Å². The summed E-state index contributed by atoms with van der Waals surface area (Å²) in [6.07, 6.45) is -0.397. The molecule has 1 saturated heterocycles. The predicted molar refractivity (Wildman–Crippen MR) is 70.3 cm³/mol. The molecule has 1 heterocycles. The van der Waals surface area contributed by atoms with Crippen molar-refractivity contribution in [2.75, 3.05) is 26.3 Å². The Balaban J connectivity index is 2.52. The van der Waals surface area contributed by atoms with Gasteiger partial charge in [0.05, 0.1) is 13.2 Å². The van der Waals surface area contributed by atoms with Crippen LogP contribution in [0.15, 0.2) is 0 Å². The van der Waals surface area contributed by atoms with Crippen LogP contribution >= 0.6 is 0 Å². The second kappa shape index (κ2) is 5.05. The van der Waals surface area contributed by atoms with E-state index >= 15 is 0 Å². The third-order valence-corrected chi connectivity index (χ3v) is 3.77. The molecule has 5 heteroatoms. The molecule has 0 bridgehead atoms. The zero-order valence-electron chi connectivity index (χ0n) is 12.1. The van der Waals surface area contributed by atoms with E-state index in [2.05, 4.69) is 19.2 Å². The maximum absolute atomic E-state index is 11.6. The lowest BCUT2D eigenvalue weighted by Gasteiger charge is -2.51. The third-order valence-electron chi connectivity index (χ3n) is 3.77. The van der Waals surface area contributed by atoms with Crippen LogP contribution in [0.25, 0.3) is 0 Å². The first kappa shape index (κ1) is 15.2. The summed E-state index contributed by atoms with van der Waals surface area (Å²) in [4.78, 5) is 11.6. The highest BCUT2D eigenvalue weighted by Gasteiger charge is 2.49. The maximum Gasteiger partial charge on any atom is 0.407 e. The molecule has 0 saturated carbocycles. The highest BCUT2D eigenvalue weighted by molar-refractivity contribution is 5.67. The van der Waals surface area contributed by atoms with E-state index in [9.17, 15) is 4.79 Å². The first-order chi connectivity index (χ1) is 8.12. The molecular formula is C13H26N2O3. The van der Waals surface area contributed by atoms with E-state index in [1.54, 1.807) is 0 Å². The van der Waals surface area contributed by atoms with Gasteiger partial charge in [-0.3, -0.25) is 0 Å².